The molecule has 0 N–H and O–H groups in total. The van der Waals surface area contributed by atoms with Gasteiger partial charge in [-0.05, 0) is 28.5 Å². The molecule has 3 rings (SSSR count). The molecular weight excluding hydrogens is 296 g/mol. The Morgan fingerprint density at radius 1 is 1.22 bits per heavy atom. The van der Waals surface area contributed by atoms with Crippen LogP contribution in [0.15, 0.2) is 41.6 Å². The Balaban J connectivity index is 2.00. The minimum absolute atomic E-state index is 0.265. The lowest BCUT2D eigenvalue weighted by Gasteiger charge is -2.13. The fraction of sp³-hybridized carbons (Fsp3) is 0.267. The van der Waals surface area contributed by atoms with Crippen molar-refractivity contribution in [2.75, 3.05) is 0 Å². The number of nitrogens with zero attached hydrogens (tertiary/aromatic N) is 6. The standard InChI is InChI=1S/C15H16N6O2/c1-3-11-5-4-6-13(21-15(22)20(2)18-19-21)12(11)10-23-14-9-16-7-8-17-14/h4-9H,3,10H2,1-2H3. The molecule has 3 aromatic rings. The molecule has 8 nitrogen and oxygen atoms in total. The van der Waals surface area contributed by atoms with Crippen molar-refractivity contribution in [3.63, 3.8) is 0 Å². The summed E-state index contributed by atoms with van der Waals surface area (Å²) in [5, 5.41) is 7.67. The van der Waals surface area contributed by atoms with E-state index in [1.54, 1.807) is 25.6 Å². The quantitative estimate of drug-likeness (QED) is 0.695. The predicted octanol–water partition coefficient (Wildman–Crippen LogP) is 0.897. The van der Waals surface area contributed by atoms with E-state index in [4.69, 9.17) is 4.74 Å². The topological polar surface area (TPSA) is 87.7 Å². The van der Waals surface area contributed by atoms with Gasteiger partial charge in [0.05, 0.1) is 11.9 Å². The van der Waals surface area contributed by atoms with Crippen LogP contribution in [-0.4, -0.2) is 29.8 Å². The molecule has 2 heterocycles. The van der Waals surface area contributed by atoms with Crippen molar-refractivity contribution in [2.24, 2.45) is 7.05 Å². The van der Waals surface area contributed by atoms with Crippen LogP contribution in [-0.2, 0) is 20.1 Å². The molecule has 0 aliphatic heterocycles. The minimum Gasteiger partial charge on any atom is -0.472 e. The lowest BCUT2D eigenvalue weighted by Crippen LogP contribution is -2.23. The van der Waals surface area contributed by atoms with Crippen LogP contribution in [0, 0.1) is 0 Å². The van der Waals surface area contributed by atoms with Gasteiger partial charge in [-0.15, -0.1) is 0 Å². The van der Waals surface area contributed by atoms with E-state index in [1.807, 2.05) is 25.1 Å². The van der Waals surface area contributed by atoms with Crippen molar-refractivity contribution in [1.29, 1.82) is 0 Å². The Bertz CT molecular complexity index is 856. The first-order chi connectivity index (χ1) is 11.2. The normalized spacial score (nSPS) is 10.7. The summed E-state index contributed by atoms with van der Waals surface area (Å²) < 4.78 is 8.16. The van der Waals surface area contributed by atoms with Crippen LogP contribution >= 0.6 is 0 Å². The molecule has 0 unspecified atom stereocenters. The van der Waals surface area contributed by atoms with Gasteiger partial charge in [0.2, 0.25) is 5.88 Å². The van der Waals surface area contributed by atoms with E-state index in [-0.39, 0.29) is 12.3 Å². The number of tetrazole rings is 1. The van der Waals surface area contributed by atoms with Gasteiger partial charge in [0.25, 0.3) is 0 Å². The Hall–Kier alpha value is -3.03. The summed E-state index contributed by atoms with van der Waals surface area (Å²) in [7, 11) is 1.56. The zero-order valence-electron chi connectivity index (χ0n) is 12.9. The Morgan fingerprint density at radius 2 is 2.09 bits per heavy atom. The Labute approximate surface area is 132 Å². The van der Waals surface area contributed by atoms with Crippen molar-refractivity contribution >= 4 is 0 Å². The number of aromatic nitrogens is 6. The number of ether oxygens (including phenoxy) is 1. The van der Waals surface area contributed by atoms with Crippen molar-refractivity contribution in [3.05, 3.63) is 58.4 Å². The number of benzene rings is 1. The van der Waals surface area contributed by atoms with Crippen molar-refractivity contribution in [3.8, 4) is 11.6 Å². The highest BCUT2D eigenvalue weighted by molar-refractivity contribution is 5.45. The first-order valence-corrected chi connectivity index (χ1v) is 7.19. The van der Waals surface area contributed by atoms with Crippen molar-refractivity contribution < 1.29 is 4.74 Å². The molecule has 0 atom stereocenters. The van der Waals surface area contributed by atoms with Crippen LogP contribution < -0.4 is 10.4 Å². The lowest BCUT2D eigenvalue weighted by atomic mass is 10.0. The smallest absolute Gasteiger partial charge is 0.368 e. The molecule has 0 amide bonds. The van der Waals surface area contributed by atoms with Crippen LogP contribution in [0.4, 0.5) is 0 Å². The summed E-state index contributed by atoms with van der Waals surface area (Å²) in [5.41, 5.74) is 2.30. The van der Waals surface area contributed by atoms with Crippen LogP contribution in [0.2, 0.25) is 0 Å². The van der Waals surface area contributed by atoms with E-state index in [1.165, 1.54) is 9.36 Å². The Kier molecular flexibility index (Phi) is 4.13. The average Bonchev–Trinajstić information content (AvgIpc) is 2.92. The predicted molar refractivity (Wildman–Crippen MR) is 82.3 cm³/mol. The molecule has 0 saturated heterocycles. The average molecular weight is 312 g/mol. The van der Waals surface area contributed by atoms with E-state index in [0.29, 0.717) is 11.6 Å². The molecule has 0 spiro atoms. The molecule has 118 valence electrons. The maximum Gasteiger partial charge on any atom is 0.368 e. The fourth-order valence-corrected chi connectivity index (χ4v) is 2.29. The Morgan fingerprint density at radius 3 is 2.74 bits per heavy atom. The first kappa shape index (κ1) is 14.9. The number of rotatable bonds is 5. The van der Waals surface area contributed by atoms with Gasteiger partial charge in [0.15, 0.2) is 0 Å². The molecule has 23 heavy (non-hydrogen) atoms. The zero-order valence-corrected chi connectivity index (χ0v) is 12.9. The number of hydrogen-bond donors (Lipinski definition) is 0. The van der Waals surface area contributed by atoms with Crippen LogP contribution in [0.3, 0.4) is 0 Å². The largest absolute Gasteiger partial charge is 0.472 e. The molecule has 0 radical (unpaired) electrons. The van der Waals surface area contributed by atoms with Crippen LogP contribution in [0.5, 0.6) is 5.88 Å². The zero-order chi connectivity index (χ0) is 16.2. The van der Waals surface area contributed by atoms with E-state index < -0.39 is 0 Å². The first-order valence-electron chi connectivity index (χ1n) is 7.19. The molecular formula is C15H16N6O2. The molecule has 8 heteroatoms. The van der Waals surface area contributed by atoms with Crippen LogP contribution in [0.25, 0.3) is 5.69 Å². The fourth-order valence-electron chi connectivity index (χ4n) is 2.29. The van der Waals surface area contributed by atoms with Gasteiger partial charge in [-0.2, -0.15) is 9.36 Å². The summed E-state index contributed by atoms with van der Waals surface area (Å²) in [6.07, 6.45) is 5.50. The van der Waals surface area contributed by atoms with Crippen LogP contribution in [0.1, 0.15) is 18.1 Å². The van der Waals surface area contributed by atoms with Gasteiger partial charge < -0.3 is 4.74 Å². The maximum absolute atomic E-state index is 12.1. The maximum atomic E-state index is 12.1. The van der Waals surface area contributed by atoms with E-state index in [2.05, 4.69) is 20.4 Å². The van der Waals surface area contributed by atoms with Gasteiger partial charge in [-0.1, -0.05) is 19.1 Å². The lowest BCUT2D eigenvalue weighted by molar-refractivity contribution is 0.290. The molecule has 1 aromatic carbocycles. The van der Waals surface area contributed by atoms with Gasteiger partial charge in [-0.25, -0.2) is 9.78 Å². The second-order valence-corrected chi connectivity index (χ2v) is 4.90. The van der Waals surface area contributed by atoms with E-state index >= 15 is 0 Å². The second kappa shape index (κ2) is 6.39. The molecule has 2 aromatic heterocycles. The summed E-state index contributed by atoms with van der Waals surface area (Å²) in [6.45, 7) is 2.31. The second-order valence-electron chi connectivity index (χ2n) is 4.90. The summed E-state index contributed by atoms with van der Waals surface area (Å²) >= 11 is 0. The minimum atomic E-state index is -0.306. The summed E-state index contributed by atoms with van der Waals surface area (Å²) in [4.78, 5) is 20.2. The monoisotopic (exact) mass is 312 g/mol. The third-order valence-corrected chi connectivity index (χ3v) is 3.48. The SMILES string of the molecule is CCc1cccc(-n2nnn(C)c2=O)c1COc1cnccn1. The molecule has 0 bridgehead atoms. The summed E-state index contributed by atoms with van der Waals surface area (Å²) in [6, 6.07) is 5.71. The third kappa shape index (κ3) is 2.96. The highest BCUT2D eigenvalue weighted by Crippen LogP contribution is 2.20. The molecule has 0 aliphatic rings. The van der Waals surface area contributed by atoms with Gasteiger partial charge in [0.1, 0.15) is 6.61 Å². The molecule has 0 fully saturated rings. The van der Waals surface area contributed by atoms with E-state index in [0.717, 1.165) is 17.5 Å². The highest BCUT2D eigenvalue weighted by atomic mass is 16.5. The summed E-state index contributed by atoms with van der Waals surface area (Å²) in [5.74, 6) is 0.427. The van der Waals surface area contributed by atoms with Crippen molar-refractivity contribution in [1.82, 2.24) is 29.8 Å². The van der Waals surface area contributed by atoms with Crippen molar-refractivity contribution in [2.45, 2.75) is 20.0 Å². The van der Waals surface area contributed by atoms with Gasteiger partial charge in [0, 0.05) is 25.0 Å². The van der Waals surface area contributed by atoms with Gasteiger partial charge >= 0.3 is 5.69 Å². The molecule has 0 aliphatic carbocycles. The highest BCUT2D eigenvalue weighted by Gasteiger charge is 2.14. The van der Waals surface area contributed by atoms with Gasteiger partial charge in [-0.3, -0.25) is 4.98 Å². The number of hydrogen-bond acceptors (Lipinski definition) is 6. The third-order valence-electron chi connectivity index (χ3n) is 3.48. The number of aryl methyl sites for hydroxylation is 2. The molecule has 0 saturated carbocycles. The van der Waals surface area contributed by atoms with E-state index in [9.17, 15) is 4.79 Å².